The molecular formula is C19H23FN4O3. The van der Waals surface area contributed by atoms with Crippen LogP contribution in [0.15, 0.2) is 30.5 Å². The van der Waals surface area contributed by atoms with Gasteiger partial charge in [0, 0.05) is 24.3 Å². The van der Waals surface area contributed by atoms with Gasteiger partial charge in [-0.2, -0.15) is 5.10 Å². The third-order valence-corrected chi connectivity index (χ3v) is 4.98. The van der Waals surface area contributed by atoms with Gasteiger partial charge in [0.2, 0.25) is 0 Å². The van der Waals surface area contributed by atoms with Crippen molar-refractivity contribution in [3.8, 4) is 5.69 Å². The second-order valence-corrected chi connectivity index (χ2v) is 6.87. The Morgan fingerprint density at radius 3 is 2.70 bits per heavy atom. The highest BCUT2D eigenvalue weighted by Crippen LogP contribution is 2.22. The number of carbonyl (C=O) groups excluding carboxylic acids is 1. The fraction of sp³-hybridized carbons (Fsp3) is 0.421. The zero-order valence-corrected chi connectivity index (χ0v) is 15.4. The largest absolute Gasteiger partial charge is 0.481 e. The number of hydrogen-bond acceptors (Lipinski definition) is 3. The molecule has 7 nitrogen and oxygen atoms in total. The van der Waals surface area contributed by atoms with Crippen molar-refractivity contribution in [1.29, 1.82) is 0 Å². The minimum atomic E-state index is -0.864. The highest BCUT2D eigenvalue weighted by atomic mass is 19.1. The number of carboxylic acid groups (broad SMARTS) is 1. The number of aliphatic carboxylic acids is 1. The van der Waals surface area contributed by atoms with Crippen LogP contribution in [0.2, 0.25) is 0 Å². The van der Waals surface area contributed by atoms with Gasteiger partial charge in [-0.05, 0) is 51.0 Å². The maximum Gasteiger partial charge on any atom is 0.317 e. The number of aromatic nitrogens is 2. The zero-order chi connectivity index (χ0) is 19.6. The van der Waals surface area contributed by atoms with Gasteiger partial charge in [-0.25, -0.2) is 13.9 Å². The summed E-state index contributed by atoms with van der Waals surface area (Å²) in [4.78, 5) is 25.3. The Kier molecular flexibility index (Phi) is 5.43. The lowest BCUT2D eigenvalue weighted by Crippen LogP contribution is -2.47. The van der Waals surface area contributed by atoms with Crippen LogP contribution >= 0.6 is 0 Å². The summed E-state index contributed by atoms with van der Waals surface area (Å²) in [6, 6.07) is 5.46. The van der Waals surface area contributed by atoms with Crippen LogP contribution in [-0.2, 0) is 4.79 Å². The molecule has 0 radical (unpaired) electrons. The number of carboxylic acids is 1. The van der Waals surface area contributed by atoms with Crippen molar-refractivity contribution in [2.75, 3.05) is 13.1 Å². The second-order valence-electron chi connectivity index (χ2n) is 6.87. The molecule has 2 aromatic rings. The number of nitrogens with one attached hydrogen (secondary N) is 1. The standard InChI is InChI=1S/C19H23FN4O3/c1-12(22-19(27)23-9-3-4-14(11-23)18(25)26)17-10-21-24(13(17)2)16-7-5-15(20)6-8-16/h5-8,10,12,14H,3-4,9,11H2,1-2H3,(H,22,27)(H,25,26). The number of halogens is 1. The van der Waals surface area contributed by atoms with Crippen molar-refractivity contribution < 1.29 is 19.1 Å². The van der Waals surface area contributed by atoms with E-state index in [0.717, 1.165) is 16.9 Å². The molecule has 1 saturated heterocycles. The van der Waals surface area contributed by atoms with Crippen LogP contribution in [0, 0.1) is 18.7 Å². The van der Waals surface area contributed by atoms with Gasteiger partial charge >= 0.3 is 12.0 Å². The Labute approximate surface area is 156 Å². The molecule has 2 unspecified atom stereocenters. The Morgan fingerprint density at radius 1 is 1.33 bits per heavy atom. The molecular weight excluding hydrogens is 351 g/mol. The molecule has 1 aliphatic rings. The average Bonchev–Trinajstić information content (AvgIpc) is 3.04. The minimum Gasteiger partial charge on any atom is -0.481 e. The summed E-state index contributed by atoms with van der Waals surface area (Å²) in [5.41, 5.74) is 2.43. The van der Waals surface area contributed by atoms with E-state index in [1.165, 1.54) is 12.1 Å². The zero-order valence-electron chi connectivity index (χ0n) is 15.4. The van der Waals surface area contributed by atoms with Crippen LogP contribution in [0.5, 0.6) is 0 Å². The molecule has 2 heterocycles. The molecule has 1 aromatic heterocycles. The molecule has 3 rings (SSSR count). The Balaban J connectivity index is 1.69. The van der Waals surface area contributed by atoms with Gasteiger partial charge in [0.1, 0.15) is 5.82 Å². The van der Waals surface area contributed by atoms with E-state index < -0.39 is 11.9 Å². The summed E-state index contributed by atoms with van der Waals surface area (Å²) < 4.78 is 14.8. The summed E-state index contributed by atoms with van der Waals surface area (Å²) in [5.74, 6) is -1.69. The van der Waals surface area contributed by atoms with Crippen LogP contribution in [-0.4, -0.2) is 44.9 Å². The first-order valence-corrected chi connectivity index (χ1v) is 8.95. The van der Waals surface area contributed by atoms with Gasteiger partial charge in [0.25, 0.3) is 0 Å². The number of carbonyl (C=O) groups is 2. The maximum absolute atomic E-state index is 13.1. The Bertz CT molecular complexity index is 834. The molecule has 2 N–H and O–H groups in total. The molecule has 0 spiro atoms. The van der Waals surface area contributed by atoms with E-state index in [9.17, 15) is 14.0 Å². The monoisotopic (exact) mass is 374 g/mol. The van der Waals surface area contributed by atoms with Crippen molar-refractivity contribution in [2.45, 2.75) is 32.7 Å². The van der Waals surface area contributed by atoms with Gasteiger partial charge in [-0.15, -0.1) is 0 Å². The van der Waals surface area contributed by atoms with Crippen LogP contribution in [0.3, 0.4) is 0 Å². The average molecular weight is 374 g/mol. The third kappa shape index (κ3) is 4.10. The van der Waals surface area contributed by atoms with Crippen LogP contribution in [0.25, 0.3) is 5.69 Å². The van der Waals surface area contributed by atoms with Gasteiger partial charge in [-0.1, -0.05) is 0 Å². The van der Waals surface area contributed by atoms with Gasteiger partial charge in [-0.3, -0.25) is 4.79 Å². The number of benzene rings is 1. The Hall–Kier alpha value is -2.90. The lowest BCUT2D eigenvalue weighted by Gasteiger charge is -2.31. The van der Waals surface area contributed by atoms with Crippen molar-refractivity contribution in [2.24, 2.45) is 5.92 Å². The number of rotatable bonds is 4. The van der Waals surface area contributed by atoms with Gasteiger partial charge in [0.05, 0.1) is 23.8 Å². The summed E-state index contributed by atoms with van der Waals surface area (Å²) in [5, 5.41) is 16.4. The molecule has 1 fully saturated rings. The quantitative estimate of drug-likeness (QED) is 0.861. The number of piperidine rings is 1. The maximum atomic E-state index is 13.1. The molecule has 0 saturated carbocycles. The SMILES string of the molecule is Cc1c(C(C)NC(=O)N2CCCC(C(=O)O)C2)cnn1-c1ccc(F)cc1. The molecule has 1 aliphatic heterocycles. The number of urea groups is 1. The first-order chi connectivity index (χ1) is 12.9. The normalized spacial score (nSPS) is 18.2. The van der Waals surface area contributed by atoms with Gasteiger partial charge in [0.15, 0.2) is 0 Å². The fourth-order valence-corrected chi connectivity index (χ4v) is 3.41. The van der Waals surface area contributed by atoms with E-state index in [1.54, 1.807) is 27.9 Å². The second kappa shape index (κ2) is 7.77. The summed E-state index contributed by atoms with van der Waals surface area (Å²) >= 11 is 0. The van der Waals surface area contributed by atoms with E-state index in [1.807, 2.05) is 13.8 Å². The van der Waals surface area contributed by atoms with E-state index in [2.05, 4.69) is 10.4 Å². The Morgan fingerprint density at radius 2 is 2.04 bits per heavy atom. The van der Waals surface area contributed by atoms with Crippen LogP contribution in [0.4, 0.5) is 9.18 Å². The van der Waals surface area contributed by atoms with Crippen LogP contribution < -0.4 is 5.32 Å². The first-order valence-electron chi connectivity index (χ1n) is 8.95. The summed E-state index contributed by atoms with van der Waals surface area (Å²) in [6.07, 6.45) is 2.96. The predicted octanol–water partition coefficient (Wildman–Crippen LogP) is 2.89. The number of nitrogens with zero attached hydrogens (tertiary/aromatic N) is 3. The van der Waals surface area contributed by atoms with E-state index in [-0.39, 0.29) is 24.4 Å². The summed E-state index contributed by atoms with van der Waals surface area (Å²) in [6.45, 7) is 4.52. The molecule has 1 aromatic carbocycles. The van der Waals surface area contributed by atoms with E-state index in [4.69, 9.17) is 5.11 Å². The molecule has 144 valence electrons. The van der Waals surface area contributed by atoms with E-state index >= 15 is 0 Å². The van der Waals surface area contributed by atoms with Gasteiger partial charge < -0.3 is 15.3 Å². The summed E-state index contributed by atoms with van der Waals surface area (Å²) in [7, 11) is 0. The number of amides is 2. The molecule has 2 atom stereocenters. The predicted molar refractivity (Wildman–Crippen MR) is 97.1 cm³/mol. The molecule has 2 amide bonds. The van der Waals surface area contributed by atoms with Crippen molar-refractivity contribution in [3.63, 3.8) is 0 Å². The molecule has 8 heteroatoms. The van der Waals surface area contributed by atoms with Crippen molar-refractivity contribution >= 4 is 12.0 Å². The van der Waals surface area contributed by atoms with E-state index in [0.29, 0.717) is 19.4 Å². The molecule has 27 heavy (non-hydrogen) atoms. The lowest BCUT2D eigenvalue weighted by atomic mass is 9.98. The van der Waals surface area contributed by atoms with Crippen molar-refractivity contribution in [3.05, 3.63) is 47.5 Å². The topological polar surface area (TPSA) is 87.5 Å². The lowest BCUT2D eigenvalue weighted by molar-refractivity contribution is -0.143. The van der Waals surface area contributed by atoms with Crippen molar-refractivity contribution in [1.82, 2.24) is 20.0 Å². The minimum absolute atomic E-state index is 0.224. The number of likely N-dealkylation sites (tertiary alicyclic amines) is 1. The fourth-order valence-electron chi connectivity index (χ4n) is 3.41. The number of hydrogen-bond donors (Lipinski definition) is 2. The highest BCUT2D eigenvalue weighted by Gasteiger charge is 2.29. The third-order valence-electron chi connectivity index (χ3n) is 4.98. The highest BCUT2D eigenvalue weighted by molar-refractivity contribution is 5.77. The molecule has 0 bridgehead atoms. The first kappa shape index (κ1) is 18.9. The smallest absolute Gasteiger partial charge is 0.317 e. The molecule has 0 aliphatic carbocycles. The van der Waals surface area contributed by atoms with Crippen LogP contribution in [0.1, 0.15) is 37.1 Å².